The predicted octanol–water partition coefficient (Wildman–Crippen LogP) is 2.06. The Morgan fingerprint density at radius 1 is 1.40 bits per heavy atom. The molecule has 0 radical (unpaired) electrons. The maximum Gasteiger partial charge on any atom is 0.339 e. The molecule has 0 atom stereocenters. The molecule has 2 rings (SSSR count). The van der Waals surface area contributed by atoms with Crippen molar-refractivity contribution < 1.29 is 14.3 Å². The van der Waals surface area contributed by atoms with E-state index in [2.05, 4.69) is 15.4 Å². The molecular formula is C14H17ClN2O3. The van der Waals surface area contributed by atoms with Crippen molar-refractivity contribution in [3.05, 3.63) is 28.8 Å². The number of rotatable bonds is 6. The van der Waals surface area contributed by atoms with Gasteiger partial charge in [-0.25, -0.2) is 4.79 Å². The van der Waals surface area contributed by atoms with E-state index in [1.54, 1.807) is 6.07 Å². The number of esters is 1. The van der Waals surface area contributed by atoms with Gasteiger partial charge in [-0.2, -0.15) is 0 Å². The number of benzene rings is 1. The number of nitrogens with one attached hydrogen (secondary N) is 2. The Hall–Kier alpha value is -1.59. The summed E-state index contributed by atoms with van der Waals surface area (Å²) in [6, 6.07) is 4.64. The lowest BCUT2D eigenvalue weighted by atomic mass is 10.2. The molecule has 108 valence electrons. The summed E-state index contributed by atoms with van der Waals surface area (Å²) in [5, 5.41) is 6.20. The van der Waals surface area contributed by atoms with E-state index < -0.39 is 5.97 Å². The van der Waals surface area contributed by atoms with Gasteiger partial charge < -0.3 is 15.4 Å². The molecule has 1 aromatic rings. The Balaban J connectivity index is 1.96. The zero-order chi connectivity index (χ0) is 14.5. The quantitative estimate of drug-likeness (QED) is 0.789. The third-order valence-corrected chi connectivity index (χ3v) is 3.31. The molecule has 1 aromatic carbocycles. The van der Waals surface area contributed by atoms with E-state index in [0.717, 1.165) is 6.54 Å². The van der Waals surface area contributed by atoms with E-state index >= 15 is 0 Å². The summed E-state index contributed by atoms with van der Waals surface area (Å²) >= 11 is 5.88. The van der Waals surface area contributed by atoms with Gasteiger partial charge in [0.25, 0.3) is 0 Å². The number of carbonyl (C=O) groups is 2. The maximum atomic E-state index is 11.8. The third-order valence-electron chi connectivity index (χ3n) is 3.08. The highest BCUT2D eigenvalue weighted by molar-refractivity contribution is 6.31. The zero-order valence-electron chi connectivity index (χ0n) is 11.2. The summed E-state index contributed by atoms with van der Waals surface area (Å²) in [5.41, 5.74) is 0.648. The van der Waals surface area contributed by atoms with Gasteiger partial charge in [0.15, 0.2) is 0 Å². The molecule has 1 aliphatic rings. The molecule has 0 aliphatic heterocycles. The second kappa shape index (κ2) is 6.72. The Labute approximate surface area is 122 Å². The van der Waals surface area contributed by atoms with E-state index in [0.29, 0.717) is 16.6 Å². The van der Waals surface area contributed by atoms with Crippen LogP contribution in [0.4, 0.5) is 5.69 Å². The number of hydrogen-bond acceptors (Lipinski definition) is 4. The van der Waals surface area contributed by atoms with Crippen molar-refractivity contribution in [3.63, 3.8) is 0 Å². The summed E-state index contributed by atoms with van der Waals surface area (Å²) in [6.07, 6.45) is 2.46. The lowest BCUT2D eigenvalue weighted by Crippen LogP contribution is -2.30. The Kier molecular flexibility index (Phi) is 4.98. The van der Waals surface area contributed by atoms with Crippen molar-refractivity contribution in [2.24, 2.45) is 5.92 Å². The fourth-order valence-electron chi connectivity index (χ4n) is 1.81. The molecule has 1 amide bonds. The highest BCUT2D eigenvalue weighted by Gasteiger charge is 2.21. The van der Waals surface area contributed by atoms with Gasteiger partial charge in [-0.1, -0.05) is 11.6 Å². The molecule has 2 N–H and O–H groups in total. The number of hydrogen-bond donors (Lipinski definition) is 2. The number of methoxy groups -OCH3 is 1. The molecule has 0 unspecified atom stereocenters. The fraction of sp³-hybridized carbons (Fsp3) is 0.429. The van der Waals surface area contributed by atoms with Gasteiger partial charge in [0.05, 0.1) is 24.9 Å². The van der Waals surface area contributed by atoms with Crippen molar-refractivity contribution >= 4 is 29.2 Å². The summed E-state index contributed by atoms with van der Waals surface area (Å²) in [6.45, 7) is 1.07. The van der Waals surface area contributed by atoms with Crippen molar-refractivity contribution in [2.45, 2.75) is 12.8 Å². The van der Waals surface area contributed by atoms with Crippen molar-refractivity contribution in [1.82, 2.24) is 5.32 Å². The monoisotopic (exact) mass is 296 g/mol. The number of ether oxygens (including phenoxy) is 1. The van der Waals surface area contributed by atoms with Crippen LogP contribution in [0.15, 0.2) is 18.2 Å². The first kappa shape index (κ1) is 14.8. The Bertz CT molecular complexity index is 515. The lowest BCUT2D eigenvalue weighted by molar-refractivity contribution is -0.115. The van der Waals surface area contributed by atoms with Crippen LogP contribution in [-0.2, 0) is 9.53 Å². The largest absolute Gasteiger partial charge is 0.465 e. The second-order valence-electron chi connectivity index (χ2n) is 4.80. The van der Waals surface area contributed by atoms with Gasteiger partial charge in [0, 0.05) is 5.02 Å². The molecule has 1 saturated carbocycles. The molecule has 5 nitrogen and oxygen atoms in total. The third kappa shape index (κ3) is 4.21. The smallest absolute Gasteiger partial charge is 0.339 e. The van der Waals surface area contributed by atoms with Gasteiger partial charge in [0.1, 0.15) is 0 Å². The van der Waals surface area contributed by atoms with Crippen LogP contribution in [0.25, 0.3) is 0 Å². The number of carbonyl (C=O) groups excluding carboxylic acids is 2. The Morgan fingerprint density at radius 2 is 2.15 bits per heavy atom. The molecule has 0 aromatic heterocycles. The molecule has 0 saturated heterocycles. The van der Waals surface area contributed by atoms with Crippen LogP contribution < -0.4 is 10.6 Å². The predicted molar refractivity (Wildman–Crippen MR) is 77.0 cm³/mol. The van der Waals surface area contributed by atoms with Gasteiger partial charge in [-0.05, 0) is 43.5 Å². The first-order valence-corrected chi connectivity index (χ1v) is 6.86. The van der Waals surface area contributed by atoms with E-state index in [1.165, 1.54) is 32.1 Å². The Morgan fingerprint density at radius 3 is 2.80 bits per heavy atom. The lowest BCUT2D eigenvalue weighted by Gasteiger charge is -2.10. The minimum atomic E-state index is -0.511. The standard InChI is InChI=1S/C14H17ClN2O3/c1-20-14(19)11-5-4-10(15)6-12(11)17-13(18)8-16-7-9-2-3-9/h4-6,9,16H,2-3,7-8H2,1H3,(H,17,18). The second-order valence-corrected chi connectivity index (χ2v) is 5.24. The van der Waals surface area contributed by atoms with Gasteiger partial charge in [-0.3, -0.25) is 4.79 Å². The minimum Gasteiger partial charge on any atom is -0.465 e. The molecule has 6 heteroatoms. The van der Waals surface area contributed by atoms with Crippen molar-refractivity contribution in [1.29, 1.82) is 0 Å². The van der Waals surface area contributed by atoms with Crippen LogP contribution in [0, 0.1) is 5.92 Å². The van der Waals surface area contributed by atoms with E-state index in [1.807, 2.05) is 0 Å². The zero-order valence-corrected chi connectivity index (χ0v) is 12.0. The maximum absolute atomic E-state index is 11.8. The van der Waals surface area contributed by atoms with Crippen molar-refractivity contribution in [3.8, 4) is 0 Å². The SMILES string of the molecule is COC(=O)c1ccc(Cl)cc1NC(=O)CNCC1CC1. The molecular weight excluding hydrogens is 280 g/mol. The topological polar surface area (TPSA) is 67.4 Å². The number of anilines is 1. The van der Waals surface area contributed by atoms with Crippen LogP contribution >= 0.6 is 11.6 Å². The summed E-state index contributed by atoms with van der Waals surface area (Å²) in [7, 11) is 1.29. The average molecular weight is 297 g/mol. The van der Waals surface area contributed by atoms with Gasteiger partial charge in [-0.15, -0.1) is 0 Å². The van der Waals surface area contributed by atoms with Crippen LogP contribution in [0.3, 0.4) is 0 Å². The van der Waals surface area contributed by atoms with E-state index in [4.69, 9.17) is 11.6 Å². The minimum absolute atomic E-state index is 0.210. The first-order chi connectivity index (χ1) is 9.60. The summed E-state index contributed by atoms with van der Waals surface area (Å²) in [4.78, 5) is 23.4. The van der Waals surface area contributed by atoms with Crippen molar-refractivity contribution in [2.75, 3.05) is 25.5 Å². The summed E-state index contributed by atoms with van der Waals surface area (Å²) < 4.78 is 4.67. The molecule has 20 heavy (non-hydrogen) atoms. The van der Waals surface area contributed by atoms with E-state index in [9.17, 15) is 9.59 Å². The molecule has 1 fully saturated rings. The molecule has 0 bridgehead atoms. The number of halogens is 1. The first-order valence-electron chi connectivity index (χ1n) is 6.48. The highest BCUT2D eigenvalue weighted by atomic mass is 35.5. The normalized spacial score (nSPS) is 13.9. The highest BCUT2D eigenvalue weighted by Crippen LogP contribution is 2.27. The molecule has 0 spiro atoms. The van der Waals surface area contributed by atoms with E-state index in [-0.39, 0.29) is 18.0 Å². The van der Waals surface area contributed by atoms with Gasteiger partial charge >= 0.3 is 5.97 Å². The molecule has 1 aliphatic carbocycles. The van der Waals surface area contributed by atoms with Crippen LogP contribution in [0.5, 0.6) is 0 Å². The average Bonchev–Trinajstić information content (AvgIpc) is 3.22. The number of amides is 1. The van der Waals surface area contributed by atoms with Crippen LogP contribution in [-0.4, -0.2) is 32.1 Å². The van der Waals surface area contributed by atoms with Crippen LogP contribution in [0.1, 0.15) is 23.2 Å². The van der Waals surface area contributed by atoms with Crippen LogP contribution in [0.2, 0.25) is 5.02 Å². The van der Waals surface area contributed by atoms with Gasteiger partial charge in [0.2, 0.25) is 5.91 Å². The summed E-state index contributed by atoms with van der Waals surface area (Å²) in [5.74, 6) is -0.0134. The fourth-order valence-corrected chi connectivity index (χ4v) is 1.99. The molecule has 0 heterocycles.